The molecule has 0 aromatic carbocycles. The largest absolute Gasteiger partial charge is 0.505 e. The fourth-order valence-electron chi connectivity index (χ4n) is 3.13. The van der Waals surface area contributed by atoms with Gasteiger partial charge in [-0.25, -0.2) is 4.79 Å². The van der Waals surface area contributed by atoms with Crippen LogP contribution in [0.2, 0.25) is 0 Å². The summed E-state index contributed by atoms with van der Waals surface area (Å²) in [5.41, 5.74) is 23.8. The predicted octanol–water partition coefficient (Wildman–Crippen LogP) is 4.26. The van der Waals surface area contributed by atoms with Gasteiger partial charge in [0.1, 0.15) is 17.4 Å². The summed E-state index contributed by atoms with van der Waals surface area (Å²) < 4.78 is 6.81. The van der Waals surface area contributed by atoms with Gasteiger partial charge in [0.2, 0.25) is 0 Å². The van der Waals surface area contributed by atoms with Gasteiger partial charge in [-0.15, -0.1) is 0 Å². The lowest BCUT2D eigenvalue weighted by atomic mass is 9.80. The van der Waals surface area contributed by atoms with Gasteiger partial charge in [-0.3, -0.25) is 9.36 Å². The van der Waals surface area contributed by atoms with Gasteiger partial charge in [0.05, 0.1) is 30.3 Å². The molecule has 1 fully saturated rings. The van der Waals surface area contributed by atoms with Crippen molar-refractivity contribution in [3.05, 3.63) is 58.4 Å². The number of azide groups is 3. The Morgan fingerprint density at radius 2 is 1.77 bits per heavy atom. The number of aromatic hydroxyl groups is 1. The van der Waals surface area contributed by atoms with Gasteiger partial charge in [-0.2, -0.15) is 0 Å². The molecule has 1 aromatic heterocycles. The number of halogens is 1. The molecule has 0 spiro atoms. The van der Waals surface area contributed by atoms with Crippen LogP contribution in [0, 0.1) is 5.92 Å². The second-order valence-corrected chi connectivity index (χ2v) is 7.93. The fraction of sp³-hybridized carbons (Fsp3) is 0.625. The third-order valence-corrected chi connectivity index (χ3v) is 5.62. The van der Waals surface area contributed by atoms with Crippen LogP contribution in [-0.2, 0) is 9.53 Å². The van der Waals surface area contributed by atoms with E-state index in [0.29, 0.717) is 0 Å². The van der Waals surface area contributed by atoms with Gasteiger partial charge in [-0.05, 0) is 44.9 Å². The summed E-state index contributed by atoms with van der Waals surface area (Å²) in [5, 5.41) is 20.2. The molecule has 1 atom stereocenters. The minimum absolute atomic E-state index is 0.175. The van der Waals surface area contributed by atoms with Crippen molar-refractivity contribution in [3.8, 4) is 5.75 Å². The average molecular weight is 495 g/mol. The Morgan fingerprint density at radius 3 is 2.23 bits per heavy atom. The van der Waals surface area contributed by atoms with Crippen molar-refractivity contribution in [2.24, 2.45) is 21.3 Å². The van der Waals surface area contributed by atoms with Crippen molar-refractivity contribution < 1.29 is 14.6 Å². The first kappa shape index (κ1) is 23.9. The third kappa shape index (κ3) is 6.30. The van der Waals surface area contributed by atoms with Gasteiger partial charge in [0.15, 0.2) is 0 Å². The fourth-order valence-corrected chi connectivity index (χ4v) is 3.43. The number of carbonyl (C=O) groups is 1. The van der Waals surface area contributed by atoms with E-state index in [0.717, 1.165) is 36.1 Å². The molecule has 0 amide bonds. The van der Waals surface area contributed by atoms with Gasteiger partial charge >= 0.3 is 5.97 Å². The van der Waals surface area contributed by atoms with Crippen LogP contribution in [0.4, 0.5) is 0 Å². The molecule has 1 aromatic rings. The zero-order valence-corrected chi connectivity index (χ0v) is 17.9. The van der Waals surface area contributed by atoms with Crippen LogP contribution in [0.3, 0.4) is 0 Å². The van der Waals surface area contributed by atoms with Crippen molar-refractivity contribution >= 4 is 21.9 Å². The van der Waals surface area contributed by atoms with Crippen molar-refractivity contribution in [2.45, 2.75) is 37.3 Å². The molecule has 1 heterocycles. The number of carbonyl (C=O) groups excluding carboxylic acids is 1. The molecule has 0 bridgehead atoms. The highest BCUT2D eigenvalue weighted by atomic mass is 79.9. The molecule has 14 nitrogen and oxygen atoms in total. The number of ether oxygens (including phenoxy) is 1. The summed E-state index contributed by atoms with van der Waals surface area (Å²) in [7, 11) is 0. The first-order chi connectivity index (χ1) is 14.9. The van der Waals surface area contributed by atoms with E-state index in [1.54, 1.807) is 0 Å². The van der Waals surface area contributed by atoms with Crippen LogP contribution >= 0.6 is 15.9 Å². The average Bonchev–Trinajstić information content (AvgIpc) is 2.71. The van der Waals surface area contributed by atoms with Crippen LogP contribution < -0.4 is 5.56 Å². The molecule has 2 rings (SSSR count). The van der Waals surface area contributed by atoms with Crippen LogP contribution in [0.1, 0.15) is 31.7 Å². The lowest BCUT2D eigenvalue weighted by Gasteiger charge is -2.34. The molecule has 0 radical (unpaired) electrons. The van der Waals surface area contributed by atoms with E-state index in [1.807, 2.05) is 0 Å². The summed E-state index contributed by atoms with van der Waals surface area (Å²) in [6.07, 6.45) is 4.17. The first-order valence-electron chi connectivity index (χ1n) is 9.22. The van der Waals surface area contributed by atoms with Crippen molar-refractivity contribution in [2.75, 3.05) is 19.6 Å². The number of esters is 1. The van der Waals surface area contributed by atoms with E-state index in [9.17, 15) is 14.7 Å². The Kier molecular flexibility index (Phi) is 8.59. The Labute approximate surface area is 183 Å². The van der Waals surface area contributed by atoms with Gasteiger partial charge in [-0.1, -0.05) is 34.6 Å². The van der Waals surface area contributed by atoms with Crippen molar-refractivity contribution in [1.82, 2.24) is 4.57 Å². The normalized spacial score (nSPS) is 15.8. The third-order valence-electron chi connectivity index (χ3n) is 4.98. The number of hydrogen-bond donors (Lipinski definition) is 1. The van der Waals surface area contributed by atoms with Crippen LogP contribution in [0.5, 0.6) is 5.75 Å². The minimum Gasteiger partial charge on any atom is -0.505 e. The van der Waals surface area contributed by atoms with E-state index in [1.165, 1.54) is 0 Å². The highest BCUT2D eigenvalue weighted by molar-refractivity contribution is 9.10. The SMILES string of the molecule is [N-]=[N+]=NCC(CN=[N+]=[N-])(CN=[N+]=[N-])OC(=O)C(CC1CCC1)n1cc(O)c(Br)cc1=O. The van der Waals surface area contributed by atoms with Crippen molar-refractivity contribution in [1.29, 1.82) is 0 Å². The molecule has 1 N–H and O–H groups in total. The first-order valence-corrected chi connectivity index (χ1v) is 10.0. The van der Waals surface area contributed by atoms with Crippen LogP contribution in [0.15, 0.2) is 36.9 Å². The molecular formula is C16H19BrN10O4. The lowest BCUT2D eigenvalue weighted by Crippen LogP contribution is -2.46. The smallest absolute Gasteiger partial charge is 0.329 e. The number of aromatic nitrogens is 1. The van der Waals surface area contributed by atoms with Gasteiger partial charge in [0.25, 0.3) is 5.56 Å². The summed E-state index contributed by atoms with van der Waals surface area (Å²) in [6.45, 7) is -1.36. The zero-order chi connectivity index (χ0) is 22.9. The van der Waals surface area contributed by atoms with E-state index in [-0.39, 0.29) is 22.6 Å². The molecule has 31 heavy (non-hydrogen) atoms. The molecule has 0 aliphatic heterocycles. The van der Waals surface area contributed by atoms with E-state index in [2.05, 4.69) is 46.0 Å². The van der Waals surface area contributed by atoms with Crippen LogP contribution in [-0.4, -0.2) is 40.9 Å². The predicted molar refractivity (Wildman–Crippen MR) is 112 cm³/mol. The summed E-state index contributed by atoms with van der Waals surface area (Å²) in [5.74, 6) is -0.935. The molecule has 164 valence electrons. The molecule has 1 unspecified atom stereocenters. The van der Waals surface area contributed by atoms with E-state index in [4.69, 9.17) is 21.3 Å². The van der Waals surface area contributed by atoms with Crippen molar-refractivity contribution in [3.63, 3.8) is 0 Å². The van der Waals surface area contributed by atoms with Crippen LogP contribution in [0.25, 0.3) is 31.3 Å². The van der Waals surface area contributed by atoms with Gasteiger partial charge in [0, 0.05) is 20.8 Å². The summed E-state index contributed by atoms with van der Waals surface area (Å²) in [6, 6.07) is 0.0307. The minimum atomic E-state index is -1.72. The maximum atomic E-state index is 13.2. The number of nitrogens with zero attached hydrogens (tertiary/aromatic N) is 10. The number of hydrogen-bond acceptors (Lipinski definition) is 7. The lowest BCUT2D eigenvalue weighted by molar-refractivity contribution is -0.162. The highest BCUT2D eigenvalue weighted by Gasteiger charge is 2.38. The zero-order valence-electron chi connectivity index (χ0n) is 16.3. The molecule has 15 heteroatoms. The van der Waals surface area contributed by atoms with Gasteiger partial charge < -0.3 is 9.84 Å². The summed E-state index contributed by atoms with van der Waals surface area (Å²) >= 11 is 3.06. The monoisotopic (exact) mass is 494 g/mol. The summed E-state index contributed by atoms with van der Waals surface area (Å²) in [4.78, 5) is 33.6. The number of rotatable bonds is 11. The molecule has 1 aliphatic carbocycles. The molecule has 1 saturated carbocycles. The second-order valence-electron chi connectivity index (χ2n) is 7.07. The second kappa shape index (κ2) is 11.1. The number of pyridine rings is 1. The molecular weight excluding hydrogens is 476 g/mol. The maximum absolute atomic E-state index is 13.2. The molecule has 1 aliphatic rings. The quantitative estimate of drug-likeness (QED) is 0.206. The maximum Gasteiger partial charge on any atom is 0.329 e. The Morgan fingerprint density at radius 1 is 1.23 bits per heavy atom. The Bertz CT molecular complexity index is 969. The topological polar surface area (TPSA) is 215 Å². The Balaban J connectivity index is 2.45. The standard InChI is InChI=1S/C16H19BrN10O4/c17-11-5-14(29)27(6-13(11)28)12(4-10-2-1-3-10)15(30)31-16(7-21-24-18,8-22-25-19)9-23-26-20/h5-6,10,12,28H,1-4,7-9H2. The Hall–Kier alpha value is -3.37. The van der Waals surface area contributed by atoms with E-state index < -0.39 is 42.8 Å². The molecule has 0 saturated heterocycles. The van der Waals surface area contributed by atoms with E-state index >= 15 is 0 Å². The highest BCUT2D eigenvalue weighted by Crippen LogP contribution is 2.35.